The van der Waals surface area contributed by atoms with Crippen molar-refractivity contribution < 1.29 is 9.53 Å². The van der Waals surface area contributed by atoms with Crippen LogP contribution < -0.4 is 10.1 Å². The zero-order chi connectivity index (χ0) is 15.5. The van der Waals surface area contributed by atoms with Crippen LogP contribution in [0.4, 0.5) is 5.82 Å². The fourth-order valence-electron chi connectivity index (χ4n) is 2.87. The van der Waals surface area contributed by atoms with Crippen molar-refractivity contribution in [2.75, 3.05) is 11.9 Å². The quantitative estimate of drug-likeness (QED) is 0.942. The number of benzene rings is 1. The van der Waals surface area contributed by atoms with Gasteiger partial charge in [-0.2, -0.15) is 0 Å². The first kappa shape index (κ1) is 14.6. The van der Waals surface area contributed by atoms with Crippen molar-refractivity contribution in [2.45, 2.75) is 33.1 Å². The second kappa shape index (κ2) is 6.18. The molecule has 4 nitrogen and oxygen atoms in total. The molecular weight excluding hydrogens is 276 g/mol. The number of aryl methyl sites for hydroxylation is 4. The van der Waals surface area contributed by atoms with Gasteiger partial charge in [0, 0.05) is 5.69 Å². The van der Waals surface area contributed by atoms with Crippen LogP contribution in [0.15, 0.2) is 30.3 Å². The van der Waals surface area contributed by atoms with Crippen LogP contribution in [0, 0.1) is 13.8 Å². The fourth-order valence-corrected chi connectivity index (χ4v) is 2.87. The van der Waals surface area contributed by atoms with Crippen molar-refractivity contribution in [3.05, 3.63) is 52.7 Å². The number of carbonyl (C=O) groups is 1. The molecule has 1 aliphatic carbocycles. The summed E-state index contributed by atoms with van der Waals surface area (Å²) in [4.78, 5) is 16.3. The number of nitrogens with zero attached hydrogens (tertiary/aromatic N) is 1. The number of hydrogen-bond donors (Lipinski definition) is 1. The maximum Gasteiger partial charge on any atom is 0.263 e. The van der Waals surface area contributed by atoms with Crippen molar-refractivity contribution in [3.63, 3.8) is 0 Å². The van der Waals surface area contributed by atoms with Crippen LogP contribution in [0.1, 0.15) is 28.8 Å². The van der Waals surface area contributed by atoms with Gasteiger partial charge in [0.1, 0.15) is 11.6 Å². The Kier molecular flexibility index (Phi) is 4.09. The standard InChI is InChI=1S/C18H20N2O2/c1-12-8-13(2)19-17(9-12)20-18(21)11-22-16-7-6-14-4-3-5-15(14)10-16/h6-10H,3-5,11H2,1-2H3,(H,19,20,21). The molecule has 0 atom stereocenters. The molecule has 1 amide bonds. The van der Waals surface area contributed by atoms with Crippen LogP contribution in [0.2, 0.25) is 0 Å². The molecule has 0 radical (unpaired) electrons. The largest absolute Gasteiger partial charge is 0.484 e. The summed E-state index contributed by atoms with van der Waals surface area (Å²) in [7, 11) is 0. The third-order valence-electron chi connectivity index (χ3n) is 3.81. The smallest absolute Gasteiger partial charge is 0.263 e. The van der Waals surface area contributed by atoms with Gasteiger partial charge in [-0.05, 0) is 74.1 Å². The molecule has 22 heavy (non-hydrogen) atoms. The average molecular weight is 296 g/mol. The van der Waals surface area contributed by atoms with Gasteiger partial charge in [-0.1, -0.05) is 6.07 Å². The Labute approximate surface area is 130 Å². The summed E-state index contributed by atoms with van der Waals surface area (Å²) in [6.07, 6.45) is 3.46. The topological polar surface area (TPSA) is 51.2 Å². The number of hydrogen-bond acceptors (Lipinski definition) is 3. The zero-order valence-corrected chi connectivity index (χ0v) is 13.0. The molecule has 4 heteroatoms. The molecule has 0 unspecified atom stereocenters. The second-order valence-corrected chi connectivity index (χ2v) is 5.79. The van der Waals surface area contributed by atoms with Gasteiger partial charge in [-0.25, -0.2) is 4.98 Å². The first-order valence-corrected chi connectivity index (χ1v) is 7.60. The Morgan fingerprint density at radius 1 is 1.18 bits per heavy atom. The Morgan fingerprint density at radius 2 is 2.00 bits per heavy atom. The molecule has 3 rings (SSSR count). The van der Waals surface area contributed by atoms with Crippen molar-refractivity contribution in [1.29, 1.82) is 0 Å². The molecule has 0 saturated carbocycles. The van der Waals surface area contributed by atoms with Gasteiger partial charge >= 0.3 is 0 Å². The summed E-state index contributed by atoms with van der Waals surface area (Å²) in [5, 5.41) is 2.77. The van der Waals surface area contributed by atoms with E-state index in [9.17, 15) is 4.79 Å². The van der Waals surface area contributed by atoms with Crippen molar-refractivity contribution in [1.82, 2.24) is 4.98 Å². The molecular formula is C18H20N2O2. The van der Waals surface area contributed by atoms with Crippen LogP contribution >= 0.6 is 0 Å². The van der Waals surface area contributed by atoms with E-state index in [0.717, 1.165) is 29.8 Å². The summed E-state index contributed by atoms with van der Waals surface area (Å²) < 4.78 is 5.59. The predicted octanol–water partition coefficient (Wildman–Crippen LogP) is 3.20. The normalized spacial score (nSPS) is 12.8. The first-order chi connectivity index (χ1) is 10.6. The second-order valence-electron chi connectivity index (χ2n) is 5.79. The summed E-state index contributed by atoms with van der Waals surface area (Å²) in [6, 6.07) is 9.90. The Bertz CT molecular complexity index is 690. The zero-order valence-electron chi connectivity index (χ0n) is 13.0. The number of anilines is 1. The lowest BCUT2D eigenvalue weighted by atomic mass is 10.1. The van der Waals surface area contributed by atoms with Gasteiger partial charge in [-0.3, -0.25) is 4.79 Å². The molecule has 0 bridgehead atoms. The van der Waals surface area contributed by atoms with Gasteiger partial charge in [0.05, 0.1) is 0 Å². The highest BCUT2D eigenvalue weighted by Crippen LogP contribution is 2.25. The number of amides is 1. The Morgan fingerprint density at radius 3 is 2.82 bits per heavy atom. The molecule has 1 N–H and O–H groups in total. The van der Waals surface area contributed by atoms with Crippen LogP contribution in [0.3, 0.4) is 0 Å². The van der Waals surface area contributed by atoms with E-state index >= 15 is 0 Å². The minimum atomic E-state index is -0.196. The van der Waals surface area contributed by atoms with Gasteiger partial charge in [0.15, 0.2) is 6.61 Å². The van der Waals surface area contributed by atoms with Crippen LogP contribution in [-0.4, -0.2) is 17.5 Å². The molecule has 0 spiro atoms. The number of nitrogens with one attached hydrogen (secondary N) is 1. The van der Waals surface area contributed by atoms with Crippen LogP contribution in [0.25, 0.3) is 0 Å². The van der Waals surface area contributed by atoms with E-state index in [1.807, 2.05) is 38.1 Å². The number of fused-ring (bicyclic) bond motifs is 1. The van der Waals surface area contributed by atoms with E-state index in [2.05, 4.69) is 16.4 Å². The van der Waals surface area contributed by atoms with E-state index in [0.29, 0.717) is 5.82 Å². The highest BCUT2D eigenvalue weighted by molar-refractivity contribution is 5.91. The van der Waals surface area contributed by atoms with Gasteiger partial charge < -0.3 is 10.1 Å². The number of ether oxygens (including phenoxy) is 1. The minimum Gasteiger partial charge on any atom is -0.484 e. The Balaban J connectivity index is 1.58. The van der Waals surface area contributed by atoms with E-state index in [-0.39, 0.29) is 12.5 Å². The predicted molar refractivity (Wildman–Crippen MR) is 86.3 cm³/mol. The van der Waals surface area contributed by atoms with Gasteiger partial charge in [-0.15, -0.1) is 0 Å². The molecule has 1 aromatic heterocycles. The third-order valence-corrected chi connectivity index (χ3v) is 3.81. The van der Waals surface area contributed by atoms with Crippen LogP contribution in [0.5, 0.6) is 5.75 Å². The minimum absolute atomic E-state index is 0.00649. The van der Waals surface area contributed by atoms with Gasteiger partial charge in [0.2, 0.25) is 0 Å². The van der Waals surface area contributed by atoms with Gasteiger partial charge in [0.25, 0.3) is 5.91 Å². The molecule has 1 aromatic carbocycles. The lowest BCUT2D eigenvalue weighted by Gasteiger charge is -2.09. The van der Waals surface area contributed by atoms with E-state index < -0.39 is 0 Å². The maximum atomic E-state index is 12.0. The number of pyridine rings is 1. The summed E-state index contributed by atoms with van der Waals surface area (Å²) in [5.41, 5.74) is 4.70. The molecule has 2 aromatic rings. The van der Waals surface area contributed by atoms with E-state index in [1.165, 1.54) is 17.5 Å². The number of aromatic nitrogens is 1. The lowest BCUT2D eigenvalue weighted by Crippen LogP contribution is -2.21. The molecule has 114 valence electrons. The first-order valence-electron chi connectivity index (χ1n) is 7.60. The lowest BCUT2D eigenvalue weighted by molar-refractivity contribution is -0.118. The molecule has 1 heterocycles. The monoisotopic (exact) mass is 296 g/mol. The van der Waals surface area contributed by atoms with Crippen molar-refractivity contribution in [2.24, 2.45) is 0 Å². The average Bonchev–Trinajstić information content (AvgIpc) is 2.91. The maximum absolute atomic E-state index is 12.0. The highest BCUT2D eigenvalue weighted by atomic mass is 16.5. The summed E-state index contributed by atoms with van der Waals surface area (Å²) >= 11 is 0. The highest BCUT2D eigenvalue weighted by Gasteiger charge is 2.12. The van der Waals surface area contributed by atoms with Crippen molar-refractivity contribution >= 4 is 11.7 Å². The van der Waals surface area contributed by atoms with E-state index in [1.54, 1.807) is 0 Å². The number of rotatable bonds is 4. The molecule has 0 fully saturated rings. The van der Waals surface area contributed by atoms with E-state index in [4.69, 9.17) is 4.74 Å². The molecule has 0 saturated heterocycles. The molecule has 0 aliphatic heterocycles. The molecule has 1 aliphatic rings. The fraction of sp³-hybridized carbons (Fsp3) is 0.333. The number of carbonyl (C=O) groups excluding carboxylic acids is 1. The Hall–Kier alpha value is -2.36. The van der Waals surface area contributed by atoms with Crippen LogP contribution in [-0.2, 0) is 17.6 Å². The van der Waals surface area contributed by atoms with Crippen molar-refractivity contribution in [3.8, 4) is 5.75 Å². The third kappa shape index (κ3) is 3.45. The SMILES string of the molecule is Cc1cc(C)nc(NC(=O)COc2ccc3c(c2)CCC3)c1. The summed E-state index contributed by atoms with van der Waals surface area (Å²) in [5.74, 6) is 1.13. The summed E-state index contributed by atoms with van der Waals surface area (Å²) in [6.45, 7) is 3.88.